The second-order valence-corrected chi connectivity index (χ2v) is 11.3. The fraction of sp³-hybridized carbons (Fsp3) is 0.438. The predicted molar refractivity (Wildman–Crippen MR) is 161 cm³/mol. The van der Waals surface area contributed by atoms with Gasteiger partial charge in [0.25, 0.3) is 5.91 Å². The first kappa shape index (κ1) is 29.7. The van der Waals surface area contributed by atoms with Gasteiger partial charge in [0.1, 0.15) is 18.0 Å². The van der Waals surface area contributed by atoms with Crippen molar-refractivity contribution in [3.05, 3.63) is 82.1 Å². The second kappa shape index (κ2) is 14.4. The van der Waals surface area contributed by atoms with Crippen molar-refractivity contribution in [2.75, 3.05) is 27.3 Å². The van der Waals surface area contributed by atoms with Crippen molar-refractivity contribution in [3.8, 4) is 11.5 Å². The van der Waals surface area contributed by atoms with Crippen LogP contribution in [0.1, 0.15) is 67.1 Å². The molecule has 8 heteroatoms. The third-order valence-electron chi connectivity index (χ3n) is 7.56. The van der Waals surface area contributed by atoms with Crippen molar-refractivity contribution in [2.45, 2.75) is 64.6 Å². The van der Waals surface area contributed by atoms with E-state index >= 15 is 0 Å². The zero-order chi connectivity index (χ0) is 28.5. The fourth-order valence-corrected chi connectivity index (χ4v) is 5.68. The molecule has 1 saturated carbocycles. The van der Waals surface area contributed by atoms with E-state index in [0.717, 1.165) is 48.8 Å². The molecule has 0 atom stereocenters. The van der Waals surface area contributed by atoms with Crippen LogP contribution in [0.2, 0.25) is 0 Å². The lowest BCUT2D eigenvalue weighted by atomic mass is 9.94. The maximum atomic E-state index is 14.0. The number of benzene rings is 2. The molecule has 1 aromatic heterocycles. The highest BCUT2D eigenvalue weighted by Crippen LogP contribution is 2.26. The van der Waals surface area contributed by atoms with E-state index in [0.29, 0.717) is 30.2 Å². The number of amides is 2. The number of carbonyl (C=O) groups excluding carboxylic acids is 2. The van der Waals surface area contributed by atoms with Gasteiger partial charge < -0.3 is 23.8 Å². The Morgan fingerprint density at radius 3 is 2.27 bits per heavy atom. The van der Waals surface area contributed by atoms with Crippen LogP contribution in [-0.2, 0) is 17.9 Å². The van der Waals surface area contributed by atoms with Gasteiger partial charge in [0.05, 0.1) is 20.8 Å². The van der Waals surface area contributed by atoms with E-state index in [1.807, 2.05) is 30.0 Å². The molecule has 1 heterocycles. The minimum atomic E-state index is -0.199. The average molecular weight is 611 g/mol. The van der Waals surface area contributed by atoms with Crippen LogP contribution >= 0.6 is 15.9 Å². The number of methoxy groups -OCH3 is 2. The van der Waals surface area contributed by atoms with Gasteiger partial charge in [-0.1, -0.05) is 54.2 Å². The maximum Gasteiger partial charge on any atom is 0.254 e. The third kappa shape index (κ3) is 7.68. The molecule has 3 aromatic rings. The number of aromatic nitrogens is 1. The molecule has 1 aliphatic rings. The van der Waals surface area contributed by atoms with Crippen molar-refractivity contribution < 1.29 is 19.1 Å². The fourth-order valence-electron chi connectivity index (χ4n) is 5.41. The summed E-state index contributed by atoms with van der Waals surface area (Å²) in [7, 11) is 3.12. The lowest BCUT2D eigenvalue weighted by Crippen LogP contribution is -2.47. The number of hydrogen-bond donors (Lipinski definition) is 0. The molecule has 0 N–H and O–H groups in total. The summed E-state index contributed by atoms with van der Waals surface area (Å²) in [6, 6.07) is 17.8. The molecule has 0 aliphatic heterocycles. The SMILES string of the molecule is CCCN(CC(=O)N(Cc1cccn1Cc1ccc(Br)cc1)C1CCCCC1)C(=O)c1cc(OC)cc(OC)c1. The van der Waals surface area contributed by atoms with Crippen LogP contribution in [0.15, 0.2) is 65.3 Å². The highest BCUT2D eigenvalue weighted by Gasteiger charge is 2.29. The minimum absolute atomic E-state index is 0.0139. The van der Waals surface area contributed by atoms with Crippen molar-refractivity contribution in [1.29, 1.82) is 0 Å². The number of hydrogen-bond acceptors (Lipinski definition) is 4. The number of rotatable bonds is 12. The normalized spacial score (nSPS) is 13.6. The molecule has 214 valence electrons. The van der Waals surface area contributed by atoms with Crippen LogP contribution in [0.3, 0.4) is 0 Å². The molecule has 0 radical (unpaired) electrons. The predicted octanol–water partition coefficient (Wildman–Crippen LogP) is 6.53. The summed E-state index contributed by atoms with van der Waals surface area (Å²) in [4.78, 5) is 31.3. The zero-order valence-electron chi connectivity index (χ0n) is 23.8. The molecule has 1 fully saturated rings. The van der Waals surface area contributed by atoms with Crippen molar-refractivity contribution in [2.24, 2.45) is 0 Å². The molecule has 0 spiro atoms. The summed E-state index contributed by atoms with van der Waals surface area (Å²) in [5.74, 6) is 0.872. The summed E-state index contributed by atoms with van der Waals surface area (Å²) in [5.41, 5.74) is 2.74. The molecule has 2 aromatic carbocycles. The van der Waals surface area contributed by atoms with Crippen LogP contribution in [0, 0.1) is 0 Å². The topological polar surface area (TPSA) is 64.0 Å². The van der Waals surface area contributed by atoms with Crippen LogP contribution in [0.5, 0.6) is 11.5 Å². The second-order valence-electron chi connectivity index (χ2n) is 10.4. The lowest BCUT2D eigenvalue weighted by Gasteiger charge is -2.36. The summed E-state index contributed by atoms with van der Waals surface area (Å²) in [5, 5.41) is 0. The zero-order valence-corrected chi connectivity index (χ0v) is 25.4. The van der Waals surface area contributed by atoms with E-state index in [1.54, 1.807) is 37.3 Å². The van der Waals surface area contributed by atoms with Crippen LogP contribution in [0.25, 0.3) is 0 Å². The number of halogens is 1. The Kier molecular flexibility index (Phi) is 10.7. The summed E-state index contributed by atoms with van der Waals surface area (Å²) >= 11 is 3.51. The van der Waals surface area contributed by atoms with Gasteiger partial charge >= 0.3 is 0 Å². The molecule has 0 unspecified atom stereocenters. The highest BCUT2D eigenvalue weighted by molar-refractivity contribution is 9.10. The molecule has 40 heavy (non-hydrogen) atoms. The summed E-state index contributed by atoms with van der Waals surface area (Å²) in [6.45, 7) is 3.80. The molecule has 2 amide bonds. The molecule has 4 rings (SSSR count). The quantitative estimate of drug-likeness (QED) is 0.234. The first-order valence-corrected chi connectivity index (χ1v) is 14.9. The first-order chi connectivity index (χ1) is 19.4. The van der Waals surface area contributed by atoms with Crippen LogP contribution in [-0.4, -0.2) is 59.5 Å². The maximum absolute atomic E-state index is 14.0. The number of nitrogens with zero attached hydrogens (tertiary/aromatic N) is 3. The number of ether oxygens (including phenoxy) is 2. The molecule has 0 saturated heterocycles. The van der Waals surface area contributed by atoms with Crippen molar-refractivity contribution in [1.82, 2.24) is 14.4 Å². The molecular formula is C32H40BrN3O4. The Morgan fingerprint density at radius 1 is 0.975 bits per heavy atom. The van der Waals surface area contributed by atoms with Crippen molar-refractivity contribution in [3.63, 3.8) is 0 Å². The van der Waals surface area contributed by atoms with E-state index in [4.69, 9.17) is 9.47 Å². The average Bonchev–Trinajstić information content (AvgIpc) is 3.42. The molecular weight excluding hydrogens is 570 g/mol. The Bertz CT molecular complexity index is 1250. The Labute approximate surface area is 246 Å². The van der Waals surface area contributed by atoms with Gasteiger partial charge in [-0.3, -0.25) is 9.59 Å². The van der Waals surface area contributed by atoms with Gasteiger partial charge in [-0.15, -0.1) is 0 Å². The van der Waals surface area contributed by atoms with E-state index in [1.165, 1.54) is 12.0 Å². The molecule has 0 bridgehead atoms. The smallest absolute Gasteiger partial charge is 0.254 e. The molecule has 1 aliphatic carbocycles. The van der Waals surface area contributed by atoms with Crippen molar-refractivity contribution >= 4 is 27.7 Å². The monoisotopic (exact) mass is 609 g/mol. The Morgan fingerprint density at radius 2 is 1.65 bits per heavy atom. The van der Waals surface area contributed by atoms with E-state index in [2.05, 4.69) is 44.9 Å². The highest BCUT2D eigenvalue weighted by atomic mass is 79.9. The van der Waals surface area contributed by atoms with Crippen LogP contribution in [0.4, 0.5) is 0 Å². The van der Waals surface area contributed by atoms with Gasteiger partial charge in [0.2, 0.25) is 5.91 Å². The third-order valence-corrected chi connectivity index (χ3v) is 8.09. The van der Waals surface area contributed by atoms with E-state index in [-0.39, 0.29) is 24.4 Å². The Balaban J connectivity index is 1.56. The number of carbonyl (C=O) groups is 2. The summed E-state index contributed by atoms with van der Waals surface area (Å²) < 4.78 is 14.0. The standard InChI is InChI=1S/C32H40BrN3O4/c1-4-16-35(32(38)25-18-29(39-2)20-30(19-25)40-3)23-31(37)36(27-9-6-5-7-10-27)22-28-11-8-17-34(28)21-24-12-14-26(33)15-13-24/h8,11-15,17-20,27H,4-7,9-10,16,21-23H2,1-3H3. The van der Waals surface area contributed by atoms with Gasteiger partial charge in [-0.25, -0.2) is 0 Å². The Hall–Kier alpha value is -3.26. The van der Waals surface area contributed by atoms with Crippen LogP contribution < -0.4 is 9.47 Å². The van der Waals surface area contributed by atoms with Gasteiger partial charge in [-0.2, -0.15) is 0 Å². The minimum Gasteiger partial charge on any atom is -0.497 e. The van der Waals surface area contributed by atoms with Gasteiger partial charge in [-0.05, 0) is 61.2 Å². The molecule has 7 nitrogen and oxygen atoms in total. The van der Waals surface area contributed by atoms with E-state index in [9.17, 15) is 9.59 Å². The largest absolute Gasteiger partial charge is 0.497 e. The lowest BCUT2D eigenvalue weighted by molar-refractivity contribution is -0.135. The van der Waals surface area contributed by atoms with Gasteiger partial charge in [0, 0.05) is 47.1 Å². The van der Waals surface area contributed by atoms with E-state index < -0.39 is 0 Å². The first-order valence-electron chi connectivity index (χ1n) is 14.1. The van der Waals surface area contributed by atoms with Gasteiger partial charge in [0.15, 0.2) is 0 Å². The summed E-state index contributed by atoms with van der Waals surface area (Å²) in [6.07, 6.45) is 8.26.